The summed E-state index contributed by atoms with van der Waals surface area (Å²) in [5, 5.41) is 0. The highest BCUT2D eigenvalue weighted by Gasteiger charge is 2.56. The van der Waals surface area contributed by atoms with E-state index in [-0.39, 0.29) is 5.60 Å². The number of benzene rings is 1. The van der Waals surface area contributed by atoms with E-state index in [1.807, 2.05) is 19.1 Å². The molecule has 1 aromatic carbocycles. The van der Waals surface area contributed by atoms with Gasteiger partial charge in [-0.25, -0.2) is 8.42 Å². The van der Waals surface area contributed by atoms with E-state index >= 15 is 0 Å². The lowest BCUT2D eigenvalue weighted by Crippen LogP contribution is -2.66. The van der Waals surface area contributed by atoms with Crippen LogP contribution in [0.2, 0.25) is 0 Å². The molecule has 3 aliphatic heterocycles. The first kappa shape index (κ1) is 17.5. The van der Waals surface area contributed by atoms with E-state index in [0.717, 1.165) is 31.6 Å². The van der Waals surface area contributed by atoms with Crippen LogP contribution >= 0.6 is 0 Å². The zero-order valence-electron chi connectivity index (χ0n) is 15.0. The Bertz CT molecular complexity index is 722. The minimum atomic E-state index is -3.41. The lowest BCUT2D eigenvalue weighted by molar-refractivity contribution is -0.103. The summed E-state index contributed by atoms with van der Waals surface area (Å²) in [7, 11) is -3.41. The van der Waals surface area contributed by atoms with Gasteiger partial charge < -0.3 is 9.64 Å². The van der Waals surface area contributed by atoms with Crippen LogP contribution in [-0.2, 0) is 14.8 Å². The van der Waals surface area contributed by atoms with Crippen LogP contribution in [0, 0.1) is 12.8 Å². The number of sulfonamides is 1. The average molecular weight is 365 g/mol. The molecule has 0 bridgehead atoms. The summed E-state index contributed by atoms with van der Waals surface area (Å²) in [5.41, 5.74) is 0.566. The standard InChI is InChI=1S/C19H28N2O3S/c1-16-6-2-3-7-18(16)25(22,23)21-14-19(15-21)17(9-13-24-19)8-12-20-10-4-5-11-20/h2-3,6-7,17H,4-5,8-15H2,1H3. The molecule has 1 unspecified atom stereocenters. The molecule has 1 spiro atoms. The summed E-state index contributed by atoms with van der Waals surface area (Å²) < 4.78 is 33.5. The second-order valence-electron chi connectivity index (χ2n) is 7.77. The summed E-state index contributed by atoms with van der Waals surface area (Å²) in [5.74, 6) is 0.483. The van der Waals surface area contributed by atoms with Gasteiger partial charge in [-0.2, -0.15) is 4.31 Å². The van der Waals surface area contributed by atoms with Crippen molar-refractivity contribution in [1.29, 1.82) is 0 Å². The predicted octanol–water partition coefficient (Wildman–Crippen LogP) is 2.26. The van der Waals surface area contributed by atoms with E-state index in [1.165, 1.54) is 25.9 Å². The van der Waals surface area contributed by atoms with Crippen LogP contribution in [0.25, 0.3) is 0 Å². The Hall–Kier alpha value is -0.950. The molecule has 138 valence electrons. The van der Waals surface area contributed by atoms with E-state index < -0.39 is 10.0 Å². The van der Waals surface area contributed by atoms with Crippen LogP contribution in [0.15, 0.2) is 29.2 Å². The van der Waals surface area contributed by atoms with Crippen molar-refractivity contribution in [2.75, 3.05) is 39.3 Å². The molecule has 25 heavy (non-hydrogen) atoms. The first-order chi connectivity index (χ1) is 12.0. The fourth-order valence-corrected chi connectivity index (χ4v) is 6.37. The summed E-state index contributed by atoms with van der Waals surface area (Å²) in [6.45, 7) is 7.20. The summed E-state index contributed by atoms with van der Waals surface area (Å²) in [6, 6.07) is 7.23. The third-order valence-electron chi connectivity index (χ3n) is 6.19. The smallest absolute Gasteiger partial charge is 0.243 e. The SMILES string of the molecule is Cc1ccccc1S(=O)(=O)N1CC2(C1)OCCC2CCN1CCCC1. The molecule has 0 saturated carbocycles. The van der Waals surface area contributed by atoms with Gasteiger partial charge in [0.05, 0.1) is 10.5 Å². The molecule has 1 aromatic rings. The topological polar surface area (TPSA) is 49.9 Å². The molecule has 0 N–H and O–H groups in total. The average Bonchev–Trinajstić information content (AvgIpc) is 3.21. The van der Waals surface area contributed by atoms with Gasteiger partial charge in [0.25, 0.3) is 0 Å². The van der Waals surface area contributed by atoms with Gasteiger partial charge in [-0.1, -0.05) is 18.2 Å². The molecule has 3 saturated heterocycles. The molecule has 1 atom stereocenters. The Balaban J connectivity index is 1.41. The van der Waals surface area contributed by atoms with E-state index in [9.17, 15) is 8.42 Å². The van der Waals surface area contributed by atoms with Crippen LogP contribution in [0.4, 0.5) is 0 Å². The van der Waals surface area contributed by atoms with Crippen molar-refractivity contribution < 1.29 is 13.2 Å². The van der Waals surface area contributed by atoms with Gasteiger partial charge >= 0.3 is 0 Å². The van der Waals surface area contributed by atoms with Gasteiger partial charge in [0.15, 0.2) is 0 Å². The monoisotopic (exact) mass is 364 g/mol. The van der Waals surface area contributed by atoms with Gasteiger partial charge in [0.1, 0.15) is 0 Å². The number of hydrogen-bond acceptors (Lipinski definition) is 4. The Kier molecular flexibility index (Phi) is 4.65. The minimum absolute atomic E-state index is 0.241. The van der Waals surface area contributed by atoms with Gasteiger partial charge in [0, 0.05) is 19.7 Å². The fourth-order valence-electron chi connectivity index (χ4n) is 4.59. The van der Waals surface area contributed by atoms with Crippen LogP contribution in [-0.4, -0.2) is 62.6 Å². The molecule has 5 nitrogen and oxygen atoms in total. The lowest BCUT2D eigenvalue weighted by Gasteiger charge is -2.49. The van der Waals surface area contributed by atoms with Gasteiger partial charge in [0.2, 0.25) is 10.0 Å². The normalized spacial score (nSPS) is 27.0. The van der Waals surface area contributed by atoms with Crippen molar-refractivity contribution >= 4 is 10.0 Å². The molecule has 6 heteroatoms. The van der Waals surface area contributed by atoms with Crippen LogP contribution in [0.5, 0.6) is 0 Å². The van der Waals surface area contributed by atoms with Crippen LogP contribution in [0.3, 0.4) is 0 Å². The lowest BCUT2D eigenvalue weighted by atomic mass is 9.80. The molecule has 4 rings (SSSR count). The summed E-state index contributed by atoms with van der Waals surface area (Å²) in [4.78, 5) is 2.96. The third-order valence-corrected chi connectivity index (χ3v) is 8.14. The Morgan fingerprint density at radius 1 is 1.20 bits per heavy atom. The number of likely N-dealkylation sites (tertiary alicyclic amines) is 1. The van der Waals surface area contributed by atoms with Crippen LogP contribution in [0.1, 0.15) is 31.2 Å². The predicted molar refractivity (Wildman–Crippen MR) is 97.0 cm³/mol. The highest BCUT2D eigenvalue weighted by atomic mass is 32.2. The molecule has 3 aliphatic rings. The van der Waals surface area contributed by atoms with Crippen molar-refractivity contribution in [3.63, 3.8) is 0 Å². The Labute approximate surface area is 151 Å². The molecular formula is C19H28N2O3S. The number of hydrogen-bond donors (Lipinski definition) is 0. The van der Waals surface area contributed by atoms with Gasteiger partial charge in [-0.3, -0.25) is 0 Å². The number of ether oxygens (including phenoxy) is 1. The second-order valence-corrected chi connectivity index (χ2v) is 9.68. The molecule has 0 aliphatic carbocycles. The second kappa shape index (κ2) is 6.65. The zero-order chi connectivity index (χ0) is 17.5. The maximum atomic E-state index is 12.9. The van der Waals surface area contributed by atoms with Gasteiger partial charge in [-0.05, 0) is 69.8 Å². The molecule has 3 heterocycles. The van der Waals surface area contributed by atoms with E-state index in [4.69, 9.17) is 4.74 Å². The summed E-state index contributed by atoms with van der Waals surface area (Å²) >= 11 is 0. The largest absolute Gasteiger partial charge is 0.372 e. The Morgan fingerprint density at radius 2 is 1.92 bits per heavy atom. The van der Waals surface area contributed by atoms with Crippen molar-refractivity contribution in [3.05, 3.63) is 29.8 Å². The molecule has 0 amide bonds. The van der Waals surface area contributed by atoms with Crippen molar-refractivity contribution in [3.8, 4) is 0 Å². The van der Waals surface area contributed by atoms with Crippen molar-refractivity contribution in [2.45, 2.75) is 43.1 Å². The highest BCUT2D eigenvalue weighted by molar-refractivity contribution is 7.89. The molecular weight excluding hydrogens is 336 g/mol. The quantitative estimate of drug-likeness (QED) is 0.804. The van der Waals surface area contributed by atoms with E-state index in [2.05, 4.69) is 4.90 Å². The van der Waals surface area contributed by atoms with Gasteiger partial charge in [-0.15, -0.1) is 0 Å². The number of rotatable bonds is 5. The third kappa shape index (κ3) is 3.14. The maximum absolute atomic E-state index is 12.9. The van der Waals surface area contributed by atoms with E-state index in [0.29, 0.717) is 23.9 Å². The maximum Gasteiger partial charge on any atom is 0.243 e. The number of nitrogens with zero attached hydrogens (tertiary/aromatic N) is 2. The summed E-state index contributed by atoms with van der Waals surface area (Å²) in [6.07, 6.45) is 4.81. The molecule has 0 radical (unpaired) electrons. The van der Waals surface area contributed by atoms with Crippen molar-refractivity contribution in [2.24, 2.45) is 5.92 Å². The first-order valence-electron chi connectivity index (χ1n) is 9.43. The molecule has 0 aromatic heterocycles. The first-order valence-corrected chi connectivity index (χ1v) is 10.9. The fraction of sp³-hybridized carbons (Fsp3) is 0.684. The zero-order valence-corrected chi connectivity index (χ0v) is 15.8. The van der Waals surface area contributed by atoms with E-state index in [1.54, 1.807) is 16.4 Å². The minimum Gasteiger partial charge on any atom is -0.372 e. The Morgan fingerprint density at radius 3 is 2.64 bits per heavy atom. The van der Waals surface area contributed by atoms with Crippen LogP contribution < -0.4 is 0 Å². The number of aryl methyl sites for hydroxylation is 1. The molecule has 3 fully saturated rings. The highest BCUT2D eigenvalue weighted by Crippen LogP contribution is 2.44. The van der Waals surface area contributed by atoms with Crippen molar-refractivity contribution in [1.82, 2.24) is 9.21 Å².